The van der Waals surface area contributed by atoms with E-state index in [1.807, 2.05) is 24.4 Å². The lowest BCUT2D eigenvalue weighted by molar-refractivity contribution is 0.576. The van der Waals surface area contributed by atoms with Crippen LogP contribution in [0.2, 0.25) is 0 Å². The minimum atomic E-state index is -3.41. The molecule has 0 fully saturated rings. The zero-order chi connectivity index (χ0) is 16.4. The first kappa shape index (κ1) is 15.3. The third-order valence-corrected chi connectivity index (χ3v) is 5.65. The number of aryl methyl sites for hydroxylation is 1. The van der Waals surface area contributed by atoms with Gasteiger partial charge < -0.3 is 0 Å². The molecule has 0 bridgehead atoms. The number of hydrogen-bond acceptors (Lipinski definition) is 6. The molecule has 0 saturated carbocycles. The van der Waals surface area contributed by atoms with Crippen LogP contribution in [0.25, 0.3) is 5.69 Å². The van der Waals surface area contributed by atoms with Gasteiger partial charge in [0.2, 0.25) is 0 Å². The molecule has 0 aliphatic rings. The van der Waals surface area contributed by atoms with Crippen molar-refractivity contribution in [1.82, 2.24) is 30.0 Å². The lowest BCUT2D eigenvalue weighted by atomic mass is 10.2. The van der Waals surface area contributed by atoms with Crippen LogP contribution in [0.15, 0.2) is 42.7 Å². The summed E-state index contributed by atoms with van der Waals surface area (Å²) in [6.45, 7) is 1.60. The summed E-state index contributed by atoms with van der Waals surface area (Å²) < 4.78 is 28.2. The van der Waals surface area contributed by atoms with Gasteiger partial charge in [0.25, 0.3) is 0 Å². The first-order valence-electron chi connectivity index (χ1n) is 7.00. The molecule has 1 atom stereocenters. The van der Waals surface area contributed by atoms with Crippen molar-refractivity contribution in [3.05, 3.63) is 54.1 Å². The first-order valence-corrected chi connectivity index (χ1v) is 8.72. The number of hydrogen-bond donors (Lipinski definition) is 0. The van der Waals surface area contributed by atoms with E-state index in [1.54, 1.807) is 37.0 Å². The highest BCUT2D eigenvalue weighted by Crippen LogP contribution is 2.23. The van der Waals surface area contributed by atoms with Crippen LogP contribution in [0.1, 0.15) is 23.6 Å². The van der Waals surface area contributed by atoms with E-state index in [-0.39, 0.29) is 5.75 Å². The van der Waals surface area contributed by atoms with E-state index >= 15 is 0 Å². The van der Waals surface area contributed by atoms with Crippen molar-refractivity contribution in [1.29, 1.82) is 0 Å². The normalized spacial score (nSPS) is 13.1. The maximum absolute atomic E-state index is 12.5. The highest BCUT2D eigenvalue weighted by atomic mass is 32.2. The Kier molecular flexibility index (Phi) is 3.95. The molecule has 0 aliphatic carbocycles. The predicted molar refractivity (Wildman–Crippen MR) is 83.4 cm³/mol. The van der Waals surface area contributed by atoms with E-state index in [4.69, 9.17) is 0 Å². The Bertz CT molecular complexity index is 884. The number of benzene rings is 1. The summed E-state index contributed by atoms with van der Waals surface area (Å²) in [4.78, 5) is 0. The summed E-state index contributed by atoms with van der Waals surface area (Å²) in [5.74, 6) is 0.263. The molecule has 0 aliphatic heterocycles. The van der Waals surface area contributed by atoms with E-state index in [9.17, 15) is 8.42 Å². The minimum Gasteiger partial charge on any atom is -0.241 e. The van der Waals surface area contributed by atoms with Gasteiger partial charge in [-0.25, -0.2) is 17.8 Å². The van der Waals surface area contributed by atoms with Crippen molar-refractivity contribution in [3.63, 3.8) is 0 Å². The summed E-state index contributed by atoms with van der Waals surface area (Å²) in [5, 5.41) is 14.3. The molecule has 0 saturated heterocycles. The Balaban J connectivity index is 1.79. The van der Waals surface area contributed by atoms with Gasteiger partial charge in [0.1, 0.15) is 5.25 Å². The Morgan fingerprint density at radius 1 is 1.22 bits per heavy atom. The molecular formula is C14H16N6O2S. The molecule has 0 radical (unpaired) electrons. The van der Waals surface area contributed by atoms with Crippen LogP contribution in [0.3, 0.4) is 0 Å². The molecule has 1 aromatic carbocycles. The lowest BCUT2D eigenvalue weighted by Gasteiger charge is -2.11. The van der Waals surface area contributed by atoms with Crippen molar-refractivity contribution in [2.75, 3.05) is 0 Å². The van der Waals surface area contributed by atoms with Gasteiger partial charge in [-0.15, -0.1) is 5.10 Å². The van der Waals surface area contributed by atoms with Gasteiger partial charge in [-0.05, 0) is 41.1 Å². The fourth-order valence-corrected chi connectivity index (χ4v) is 3.69. The quantitative estimate of drug-likeness (QED) is 0.693. The Morgan fingerprint density at radius 2 is 1.96 bits per heavy atom. The summed E-state index contributed by atoms with van der Waals surface area (Å²) in [5.41, 5.74) is 1.59. The molecular weight excluding hydrogens is 316 g/mol. The standard InChI is InChI=1S/C14H16N6O2S/c1-11(14-16-17-18-19(14)2)23(21,22)10-12-4-6-13(7-5-12)20-9-3-8-15-20/h3-9,11H,10H2,1-2H3/t11-/m0/s1. The summed E-state index contributed by atoms with van der Waals surface area (Å²) >= 11 is 0. The molecule has 8 nitrogen and oxygen atoms in total. The van der Waals surface area contributed by atoms with Gasteiger partial charge in [-0.3, -0.25) is 0 Å². The average Bonchev–Trinajstić information content (AvgIpc) is 3.18. The highest BCUT2D eigenvalue weighted by Gasteiger charge is 2.27. The fraction of sp³-hybridized carbons (Fsp3) is 0.286. The SMILES string of the molecule is C[C@@H](c1nnnn1C)S(=O)(=O)Cc1ccc(-n2cccn2)cc1. The topological polar surface area (TPSA) is 95.6 Å². The average molecular weight is 332 g/mol. The van der Waals surface area contributed by atoms with E-state index in [2.05, 4.69) is 20.6 Å². The molecule has 3 aromatic rings. The molecule has 23 heavy (non-hydrogen) atoms. The number of sulfone groups is 1. The van der Waals surface area contributed by atoms with Crippen LogP contribution in [-0.4, -0.2) is 38.4 Å². The van der Waals surface area contributed by atoms with Crippen LogP contribution >= 0.6 is 0 Å². The minimum absolute atomic E-state index is 0.0690. The van der Waals surface area contributed by atoms with Gasteiger partial charge in [0, 0.05) is 19.4 Å². The second-order valence-electron chi connectivity index (χ2n) is 5.23. The van der Waals surface area contributed by atoms with Crippen molar-refractivity contribution >= 4 is 9.84 Å². The van der Waals surface area contributed by atoms with Crippen LogP contribution in [0.4, 0.5) is 0 Å². The molecule has 3 rings (SSSR count). The van der Waals surface area contributed by atoms with Crippen molar-refractivity contribution < 1.29 is 8.42 Å². The lowest BCUT2D eigenvalue weighted by Crippen LogP contribution is -2.16. The molecule has 2 aromatic heterocycles. The molecule has 0 N–H and O–H groups in total. The van der Waals surface area contributed by atoms with Crippen molar-refractivity contribution in [2.24, 2.45) is 7.05 Å². The van der Waals surface area contributed by atoms with Crippen LogP contribution < -0.4 is 0 Å². The Hall–Kier alpha value is -2.55. The van der Waals surface area contributed by atoms with Crippen LogP contribution in [0.5, 0.6) is 0 Å². The molecule has 0 unspecified atom stereocenters. The molecule has 2 heterocycles. The highest BCUT2D eigenvalue weighted by molar-refractivity contribution is 7.90. The smallest absolute Gasteiger partial charge is 0.168 e. The van der Waals surface area contributed by atoms with E-state index in [0.717, 1.165) is 5.69 Å². The second kappa shape index (κ2) is 5.92. The van der Waals surface area contributed by atoms with Crippen molar-refractivity contribution in [3.8, 4) is 5.69 Å². The largest absolute Gasteiger partial charge is 0.241 e. The van der Waals surface area contributed by atoms with Gasteiger partial charge in [-0.2, -0.15) is 5.10 Å². The monoisotopic (exact) mass is 332 g/mol. The van der Waals surface area contributed by atoms with Crippen LogP contribution in [-0.2, 0) is 22.6 Å². The molecule has 120 valence electrons. The van der Waals surface area contributed by atoms with Gasteiger partial charge in [0.15, 0.2) is 15.7 Å². The van der Waals surface area contributed by atoms with E-state index < -0.39 is 15.1 Å². The van der Waals surface area contributed by atoms with Crippen LogP contribution in [0, 0.1) is 0 Å². The Labute approximate surface area is 133 Å². The summed E-state index contributed by atoms with van der Waals surface area (Å²) in [7, 11) is -1.79. The molecule has 0 spiro atoms. The van der Waals surface area contributed by atoms with Gasteiger partial charge in [-0.1, -0.05) is 12.1 Å². The molecule has 9 heteroatoms. The zero-order valence-corrected chi connectivity index (χ0v) is 13.6. The number of tetrazole rings is 1. The first-order chi connectivity index (χ1) is 11.0. The number of rotatable bonds is 5. The maximum Gasteiger partial charge on any atom is 0.168 e. The fourth-order valence-electron chi connectivity index (χ4n) is 2.27. The number of nitrogens with zero attached hydrogens (tertiary/aromatic N) is 6. The summed E-state index contributed by atoms with van der Waals surface area (Å²) in [6.07, 6.45) is 3.52. The third-order valence-electron chi connectivity index (χ3n) is 3.63. The summed E-state index contributed by atoms with van der Waals surface area (Å²) in [6, 6.07) is 9.08. The van der Waals surface area contributed by atoms with Gasteiger partial charge in [0.05, 0.1) is 11.4 Å². The second-order valence-corrected chi connectivity index (χ2v) is 7.55. The molecule has 0 amide bonds. The predicted octanol–water partition coefficient (Wildman–Crippen LogP) is 1.07. The van der Waals surface area contributed by atoms with E-state index in [1.165, 1.54) is 4.68 Å². The van der Waals surface area contributed by atoms with E-state index in [0.29, 0.717) is 11.4 Å². The maximum atomic E-state index is 12.5. The van der Waals surface area contributed by atoms with Crippen molar-refractivity contribution in [2.45, 2.75) is 17.9 Å². The Morgan fingerprint density at radius 3 is 2.52 bits per heavy atom. The number of aromatic nitrogens is 6. The zero-order valence-electron chi connectivity index (χ0n) is 12.7. The third kappa shape index (κ3) is 3.14. The van der Waals surface area contributed by atoms with Gasteiger partial charge >= 0.3 is 0 Å².